The third-order valence-electron chi connectivity index (χ3n) is 1.53. The summed E-state index contributed by atoms with van der Waals surface area (Å²) in [5.41, 5.74) is 1.61. The lowest BCUT2D eigenvalue weighted by atomic mass is 10.1. The van der Waals surface area contributed by atoms with Crippen LogP contribution in [0.5, 0.6) is 0 Å². The lowest BCUT2D eigenvalue weighted by Gasteiger charge is -2.00. The van der Waals surface area contributed by atoms with Crippen molar-refractivity contribution < 1.29 is 0 Å². The van der Waals surface area contributed by atoms with Crippen LogP contribution in [0, 0.1) is 11.3 Å². The van der Waals surface area contributed by atoms with Crippen LogP contribution in [0.15, 0.2) is 18.2 Å². The molecule has 1 rings (SSSR count). The fourth-order valence-electron chi connectivity index (χ4n) is 0.963. The average molecular weight is 181 g/mol. The highest BCUT2D eigenvalue weighted by molar-refractivity contribution is 6.31. The Morgan fingerprint density at radius 3 is 2.83 bits per heavy atom. The van der Waals surface area contributed by atoms with Crippen LogP contribution >= 0.6 is 11.6 Å². The fraction of sp³-hybridized carbons (Fsp3) is 0.222. The first kappa shape index (κ1) is 9.05. The molecule has 3 heteroatoms. The minimum absolute atomic E-state index is 0.519. The summed E-state index contributed by atoms with van der Waals surface area (Å²) in [5.74, 6) is 0. The van der Waals surface area contributed by atoms with Gasteiger partial charge < -0.3 is 5.32 Å². The lowest BCUT2D eigenvalue weighted by molar-refractivity contribution is 0.818. The second-order valence-corrected chi connectivity index (χ2v) is 2.86. The summed E-state index contributed by atoms with van der Waals surface area (Å²) in [5, 5.41) is 12.1. The van der Waals surface area contributed by atoms with Gasteiger partial charge in [0.05, 0.1) is 10.6 Å². The average Bonchev–Trinajstić information content (AvgIpc) is 2.05. The van der Waals surface area contributed by atoms with Gasteiger partial charge in [-0.05, 0) is 24.7 Å². The number of nitrogens with zero attached hydrogens (tertiary/aromatic N) is 1. The zero-order valence-electron chi connectivity index (χ0n) is 6.76. The van der Waals surface area contributed by atoms with Crippen LogP contribution in [-0.2, 0) is 6.54 Å². The molecule has 0 radical (unpaired) electrons. The second kappa shape index (κ2) is 4.10. The van der Waals surface area contributed by atoms with Gasteiger partial charge in [0, 0.05) is 6.54 Å². The standard InChI is InChI=1S/C9H9ClN2/c1-12-6-7-2-3-8(5-11)9(10)4-7/h2-4,12H,6H2,1H3. The van der Waals surface area contributed by atoms with E-state index in [1.54, 1.807) is 12.1 Å². The van der Waals surface area contributed by atoms with Crippen molar-refractivity contribution in [3.05, 3.63) is 34.3 Å². The molecule has 0 amide bonds. The lowest BCUT2D eigenvalue weighted by Crippen LogP contribution is -2.04. The third-order valence-corrected chi connectivity index (χ3v) is 1.85. The minimum Gasteiger partial charge on any atom is -0.316 e. The van der Waals surface area contributed by atoms with Crippen molar-refractivity contribution >= 4 is 11.6 Å². The molecule has 0 saturated heterocycles. The molecular formula is C9H9ClN2. The van der Waals surface area contributed by atoms with E-state index in [1.165, 1.54) is 0 Å². The molecule has 1 aromatic carbocycles. The van der Waals surface area contributed by atoms with Crippen molar-refractivity contribution in [2.45, 2.75) is 6.54 Å². The Hall–Kier alpha value is -1.04. The number of halogens is 1. The van der Waals surface area contributed by atoms with E-state index < -0.39 is 0 Å². The van der Waals surface area contributed by atoms with Crippen molar-refractivity contribution in [3.8, 4) is 6.07 Å². The number of nitrogens with one attached hydrogen (secondary N) is 1. The van der Waals surface area contributed by atoms with Gasteiger partial charge in [-0.1, -0.05) is 17.7 Å². The van der Waals surface area contributed by atoms with E-state index in [4.69, 9.17) is 16.9 Å². The van der Waals surface area contributed by atoms with E-state index in [2.05, 4.69) is 5.32 Å². The monoisotopic (exact) mass is 180 g/mol. The Labute approximate surface area is 76.8 Å². The summed E-state index contributed by atoms with van der Waals surface area (Å²) < 4.78 is 0. The Kier molecular flexibility index (Phi) is 3.09. The van der Waals surface area contributed by atoms with E-state index in [1.807, 2.05) is 19.2 Å². The van der Waals surface area contributed by atoms with Crippen molar-refractivity contribution in [2.24, 2.45) is 0 Å². The van der Waals surface area contributed by atoms with Crippen molar-refractivity contribution in [1.82, 2.24) is 5.32 Å². The van der Waals surface area contributed by atoms with Gasteiger partial charge in [-0.25, -0.2) is 0 Å². The molecule has 0 heterocycles. The largest absolute Gasteiger partial charge is 0.316 e. The highest BCUT2D eigenvalue weighted by Crippen LogP contribution is 2.16. The van der Waals surface area contributed by atoms with Gasteiger partial charge in [-0.15, -0.1) is 0 Å². The zero-order valence-corrected chi connectivity index (χ0v) is 7.52. The number of nitriles is 1. The molecule has 0 aliphatic rings. The van der Waals surface area contributed by atoms with Crippen LogP contribution in [0.1, 0.15) is 11.1 Å². The summed E-state index contributed by atoms with van der Waals surface area (Å²) in [6, 6.07) is 7.44. The summed E-state index contributed by atoms with van der Waals surface area (Å²) in [6.07, 6.45) is 0. The second-order valence-electron chi connectivity index (χ2n) is 2.46. The van der Waals surface area contributed by atoms with Crippen LogP contribution in [0.3, 0.4) is 0 Å². The molecule has 12 heavy (non-hydrogen) atoms. The third kappa shape index (κ3) is 1.97. The van der Waals surface area contributed by atoms with E-state index in [-0.39, 0.29) is 0 Å². The predicted octanol–water partition coefficient (Wildman–Crippen LogP) is 1.93. The Balaban J connectivity index is 2.96. The summed E-state index contributed by atoms with van der Waals surface area (Å²) in [4.78, 5) is 0. The first-order chi connectivity index (χ1) is 5.77. The highest BCUT2D eigenvalue weighted by Gasteiger charge is 1.99. The molecule has 0 unspecified atom stereocenters. The van der Waals surface area contributed by atoms with Crippen LogP contribution in [0.4, 0.5) is 0 Å². The minimum atomic E-state index is 0.519. The molecule has 1 aromatic rings. The summed E-state index contributed by atoms with van der Waals surface area (Å²) in [7, 11) is 1.87. The summed E-state index contributed by atoms with van der Waals surface area (Å²) in [6.45, 7) is 0.769. The molecule has 0 aliphatic heterocycles. The van der Waals surface area contributed by atoms with E-state index >= 15 is 0 Å². The molecule has 0 saturated carbocycles. The van der Waals surface area contributed by atoms with E-state index in [9.17, 15) is 0 Å². The molecule has 0 fully saturated rings. The predicted molar refractivity (Wildman–Crippen MR) is 48.9 cm³/mol. The molecule has 2 nitrogen and oxygen atoms in total. The van der Waals surface area contributed by atoms with Gasteiger partial charge in [0.15, 0.2) is 0 Å². The molecule has 0 spiro atoms. The Bertz CT molecular complexity index is 315. The fourth-order valence-corrected chi connectivity index (χ4v) is 1.21. The molecule has 1 N–H and O–H groups in total. The highest BCUT2D eigenvalue weighted by atomic mass is 35.5. The van der Waals surface area contributed by atoms with Gasteiger partial charge in [-0.3, -0.25) is 0 Å². The molecule has 0 atom stereocenters. The van der Waals surface area contributed by atoms with Crippen LogP contribution in [0.2, 0.25) is 5.02 Å². The number of rotatable bonds is 2. The SMILES string of the molecule is CNCc1ccc(C#N)c(Cl)c1. The van der Waals surface area contributed by atoms with Crippen LogP contribution in [-0.4, -0.2) is 7.05 Å². The van der Waals surface area contributed by atoms with Gasteiger partial charge in [0.25, 0.3) is 0 Å². The van der Waals surface area contributed by atoms with Crippen molar-refractivity contribution in [1.29, 1.82) is 5.26 Å². The van der Waals surface area contributed by atoms with E-state index in [0.29, 0.717) is 10.6 Å². The molecule has 0 aliphatic carbocycles. The van der Waals surface area contributed by atoms with Crippen molar-refractivity contribution in [3.63, 3.8) is 0 Å². The topological polar surface area (TPSA) is 35.8 Å². The maximum absolute atomic E-state index is 8.59. The van der Waals surface area contributed by atoms with Crippen LogP contribution in [0.25, 0.3) is 0 Å². The summed E-state index contributed by atoms with van der Waals surface area (Å²) >= 11 is 5.81. The van der Waals surface area contributed by atoms with Gasteiger partial charge in [0.2, 0.25) is 0 Å². The first-order valence-corrected chi connectivity index (χ1v) is 3.99. The maximum atomic E-state index is 8.59. The number of hydrogen-bond donors (Lipinski definition) is 1. The van der Waals surface area contributed by atoms with Gasteiger partial charge >= 0.3 is 0 Å². The molecule has 62 valence electrons. The maximum Gasteiger partial charge on any atom is 0.101 e. The molecular weight excluding hydrogens is 172 g/mol. The Morgan fingerprint density at radius 1 is 1.58 bits per heavy atom. The molecule has 0 aromatic heterocycles. The Morgan fingerprint density at radius 2 is 2.33 bits per heavy atom. The van der Waals surface area contributed by atoms with E-state index in [0.717, 1.165) is 12.1 Å². The molecule has 0 bridgehead atoms. The zero-order chi connectivity index (χ0) is 8.97. The van der Waals surface area contributed by atoms with Crippen LogP contribution < -0.4 is 5.32 Å². The van der Waals surface area contributed by atoms with Crippen molar-refractivity contribution in [2.75, 3.05) is 7.05 Å². The van der Waals surface area contributed by atoms with Gasteiger partial charge in [-0.2, -0.15) is 5.26 Å². The smallest absolute Gasteiger partial charge is 0.101 e. The number of benzene rings is 1. The normalized spacial score (nSPS) is 9.42. The van der Waals surface area contributed by atoms with Gasteiger partial charge in [0.1, 0.15) is 6.07 Å². The first-order valence-electron chi connectivity index (χ1n) is 3.61. The quantitative estimate of drug-likeness (QED) is 0.755. The number of hydrogen-bond acceptors (Lipinski definition) is 2.